The molecule has 2 N–H and O–H groups in total. The van der Waals surface area contributed by atoms with Crippen LogP contribution in [0.15, 0.2) is 22.7 Å². The Kier molecular flexibility index (Phi) is 5.82. The standard InChI is InChI=1S/C14H20BrNO3/c1-14(2,13(17)18)7-8-16-9-10-5-4-6-11(15)12(10)19-3/h4-6,16H,7-9H2,1-3H3,(H,17,18). The van der Waals surface area contributed by atoms with E-state index in [2.05, 4.69) is 21.2 Å². The van der Waals surface area contributed by atoms with Gasteiger partial charge >= 0.3 is 5.97 Å². The molecule has 0 saturated carbocycles. The van der Waals surface area contributed by atoms with E-state index < -0.39 is 11.4 Å². The highest BCUT2D eigenvalue weighted by Crippen LogP contribution is 2.28. The lowest BCUT2D eigenvalue weighted by Gasteiger charge is -2.19. The maximum Gasteiger partial charge on any atom is 0.309 e. The molecule has 19 heavy (non-hydrogen) atoms. The summed E-state index contributed by atoms with van der Waals surface area (Å²) in [6.45, 7) is 4.76. The van der Waals surface area contributed by atoms with Gasteiger partial charge < -0.3 is 15.2 Å². The molecule has 0 aliphatic rings. The average molecular weight is 330 g/mol. The summed E-state index contributed by atoms with van der Waals surface area (Å²) < 4.78 is 6.25. The van der Waals surface area contributed by atoms with Gasteiger partial charge in [-0.25, -0.2) is 0 Å². The van der Waals surface area contributed by atoms with Crippen molar-refractivity contribution in [3.05, 3.63) is 28.2 Å². The first kappa shape index (κ1) is 16.0. The number of carboxylic acids is 1. The van der Waals surface area contributed by atoms with Gasteiger partial charge in [0.15, 0.2) is 0 Å². The van der Waals surface area contributed by atoms with Gasteiger partial charge in [-0.05, 0) is 48.8 Å². The van der Waals surface area contributed by atoms with Gasteiger partial charge in [0.25, 0.3) is 0 Å². The fraction of sp³-hybridized carbons (Fsp3) is 0.500. The number of nitrogens with one attached hydrogen (secondary N) is 1. The molecular formula is C14H20BrNO3. The minimum atomic E-state index is -0.769. The molecule has 0 bridgehead atoms. The van der Waals surface area contributed by atoms with E-state index in [0.717, 1.165) is 15.8 Å². The molecule has 0 spiro atoms. The molecule has 4 nitrogen and oxygen atoms in total. The van der Waals surface area contributed by atoms with Crippen molar-refractivity contribution in [3.63, 3.8) is 0 Å². The Bertz CT molecular complexity index is 446. The molecule has 0 aromatic heterocycles. The summed E-state index contributed by atoms with van der Waals surface area (Å²) in [5.74, 6) is 0.0434. The molecule has 1 rings (SSSR count). The van der Waals surface area contributed by atoms with Crippen molar-refractivity contribution in [2.24, 2.45) is 5.41 Å². The van der Waals surface area contributed by atoms with Gasteiger partial charge in [-0.3, -0.25) is 4.79 Å². The highest BCUT2D eigenvalue weighted by Gasteiger charge is 2.26. The Morgan fingerprint density at radius 2 is 2.16 bits per heavy atom. The Hall–Kier alpha value is -1.07. The van der Waals surface area contributed by atoms with Crippen molar-refractivity contribution >= 4 is 21.9 Å². The summed E-state index contributed by atoms with van der Waals surface area (Å²) in [4.78, 5) is 11.0. The first-order valence-electron chi connectivity index (χ1n) is 6.14. The number of hydrogen-bond donors (Lipinski definition) is 2. The highest BCUT2D eigenvalue weighted by molar-refractivity contribution is 9.10. The van der Waals surface area contributed by atoms with Gasteiger partial charge in [-0.15, -0.1) is 0 Å². The normalized spacial score (nSPS) is 11.4. The second-order valence-corrected chi connectivity index (χ2v) is 5.90. The lowest BCUT2D eigenvalue weighted by atomic mass is 9.90. The number of para-hydroxylation sites is 1. The zero-order valence-corrected chi connectivity index (χ0v) is 13.1. The summed E-state index contributed by atoms with van der Waals surface area (Å²) in [6, 6.07) is 5.86. The van der Waals surface area contributed by atoms with Crippen LogP contribution in [-0.4, -0.2) is 24.7 Å². The number of hydrogen-bond acceptors (Lipinski definition) is 3. The molecule has 0 amide bonds. The van der Waals surface area contributed by atoms with Crippen LogP contribution >= 0.6 is 15.9 Å². The van der Waals surface area contributed by atoms with Crippen LogP contribution in [0, 0.1) is 5.41 Å². The van der Waals surface area contributed by atoms with Gasteiger partial charge in [-0.2, -0.15) is 0 Å². The molecule has 0 fully saturated rings. The fourth-order valence-corrected chi connectivity index (χ4v) is 2.22. The van der Waals surface area contributed by atoms with Crippen LogP contribution in [0.5, 0.6) is 5.75 Å². The SMILES string of the molecule is COc1c(Br)cccc1CNCCC(C)(C)C(=O)O. The van der Waals surface area contributed by atoms with E-state index in [0.29, 0.717) is 19.5 Å². The average Bonchev–Trinajstić information content (AvgIpc) is 2.34. The van der Waals surface area contributed by atoms with Gasteiger partial charge in [0.2, 0.25) is 0 Å². The Morgan fingerprint density at radius 3 is 2.74 bits per heavy atom. The molecule has 5 heteroatoms. The number of halogens is 1. The summed E-state index contributed by atoms with van der Waals surface area (Å²) in [5.41, 5.74) is 0.346. The molecule has 0 radical (unpaired) electrons. The Morgan fingerprint density at radius 1 is 1.47 bits per heavy atom. The topological polar surface area (TPSA) is 58.6 Å². The summed E-state index contributed by atoms with van der Waals surface area (Å²) in [7, 11) is 1.64. The monoisotopic (exact) mass is 329 g/mol. The maximum absolute atomic E-state index is 11.0. The van der Waals surface area contributed by atoms with Crippen molar-refractivity contribution in [1.29, 1.82) is 0 Å². The number of methoxy groups -OCH3 is 1. The Labute approximate surface area is 122 Å². The van der Waals surface area contributed by atoms with Crippen LogP contribution in [-0.2, 0) is 11.3 Å². The third-order valence-corrected chi connectivity index (χ3v) is 3.70. The largest absolute Gasteiger partial charge is 0.495 e. The van der Waals surface area contributed by atoms with Gasteiger partial charge in [-0.1, -0.05) is 12.1 Å². The molecule has 1 aromatic carbocycles. The Balaban J connectivity index is 2.51. The number of benzene rings is 1. The minimum Gasteiger partial charge on any atom is -0.495 e. The number of ether oxygens (including phenoxy) is 1. The van der Waals surface area contributed by atoms with E-state index in [-0.39, 0.29) is 0 Å². The predicted molar refractivity (Wildman–Crippen MR) is 78.4 cm³/mol. The lowest BCUT2D eigenvalue weighted by molar-refractivity contribution is -0.147. The van der Waals surface area contributed by atoms with E-state index in [1.807, 2.05) is 18.2 Å². The molecule has 0 heterocycles. The van der Waals surface area contributed by atoms with Gasteiger partial charge in [0.05, 0.1) is 17.0 Å². The summed E-state index contributed by atoms with van der Waals surface area (Å²) in [5, 5.41) is 12.3. The third-order valence-electron chi connectivity index (χ3n) is 3.07. The fourth-order valence-electron chi connectivity index (χ4n) is 1.65. The van der Waals surface area contributed by atoms with E-state index in [1.165, 1.54) is 0 Å². The number of carbonyl (C=O) groups is 1. The molecule has 1 aromatic rings. The minimum absolute atomic E-state index is 0.582. The maximum atomic E-state index is 11.0. The second kappa shape index (κ2) is 6.91. The molecule has 0 aliphatic carbocycles. The molecular weight excluding hydrogens is 310 g/mol. The van der Waals surface area contributed by atoms with Crippen molar-refractivity contribution in [1.82, 2.24) is 5.32 Å². The van der Waals surface area contributed by atoms with Crippen molar-refractivity contribution in [2.75, 3.05) is 13.7 Å². The van der Waals surface area contributed by atoms with Crippen LogP contribution in [0.1, 0.15) is 25.8 Å². The molecule has 106 valence electrons. The van der Waals surface area contributed by atoms with Crippen LogP contribution in [0.4, 0.5) is 0 Å². The lowest BCUT2D eigenvalue weighted by Crippen LogP contribution is -2.28. The van der Waals surface area contributed by atoms with E-state index >= 15 is 0 Å². The van der Waals surface area contributed by atoms with Crippen molar-refractivity contribution < 1.29 is 14.6 Å². The van der Waals surface area contributed by atoms with Crippen molar-refractivity contribution in [3.8, 4) is 5.75 Å². The van der Waals surface area contributed by atoms with Crippen LogP contribution < -0.4 is 10.1 Å². The van der Waals surface area contributed by atoms with Crippen LogP contribution in [0.2, 0.25) is 0 Å². The smallest absolute Gasteiger partial charge is 0.309 e. The van der Waals surface area contributed by atoms with E-state index in [1.54, 1.807) is 21.0 Å². The van der Waals surface area contributed by atoms with Gasteiger partial charge in [0, 0.05) is 12.1 Å². The van der Waals surface area contributed by atoms with E-state index in [9.17, 15) is 4.79 Å². The summed E-state index contributed by atoms with van der Waals surface area (Å²) in [6.07, 6.45) is 0.582. The molecule has 0 unspecified atom stereocenters. The highest BCUT2D eigenvalue weighted by atomic mass is 79.9. The third kappa shape index (κ3) is 4.51. The molecule has 0 atom stereocenters. The zero-order chi connectivity index (χ0) is 14.5. The first-order valence-corrected chi connectivity index (χ1v) is 6.93. The quantitative estimate of drug-likeness (QED) is 0.755. The number of carboxylic acid groups (broad SMARTS) is 1. The number of rotatable bonds is 7. The first-order chi connectivity index (χ1) is 8.88. The number of aliphatic carboxylic acids is 1. The second-order valence-electron chi connectivity index (χ2n) is 5.05. The van der Waals surface area contributed by atoms with E-state index in [4.69, 9.17) is 9.84 Å². The molecule has 0 aliphatic heterocycles. The van der Waals surface area contributed by atoms with Crippen molar-refractivity contribution in [2.45, 2.75) is 26.8 Å². The van der Waals surface area contributed by atoms with Crippen LogP contribution in [0.3, 0.4) is 0 Å². The zero-order valence-electron chi connectivity index (χ0n) is 11.5. The predicted octanol–water partition coefficient (Wildman–Crippen LogP) is 3.05. The van der Waals surface area contributed by atoms with Gasteiger partial charge in [0.1, 0.15) is 5.75 Å². The van der Waals surface area contributed by atoms with Crippen LogP contribution in [0.25, 0.3) is 0 Å². The summed E-state index contributed by atoms with van der Waals surface area (Å²) >= 11 is 3.44. The molecule has 0 saturated heterocycles.